The number of phenols is 1. The number of halogens is 1. The van der Waals surface area contributed by atoms with E-state index >= 15 is 0 Å². The molecule has 1 aliphatic rings. The molecule has 1 N–H and O–H groups in total. The first-order valence-electron chi connectivity index (χ1n) is 8.23. The highest BCUT2D eigenvalue weighted by molar-refractivity contribution is 6.35. The molecule has 1 fully saturated rings. The molecule has 128 valence electrons. The summed E-state index contributed by atoms with van der Waals surface area (Å²) < 4.78 is 5.49. The van der Waals surface area contributed by atoms with E-state index in [9.17, 15) is 5.11 Å². The van der Waals surface area contributed by atoms with E-state index in [-0.39, 0.29) is 11.8 Å². The molecule has 0 aliphatic carbocycles. The minimum atomic E-state index is -0.151. The molecule has 1 saturated heterocycles. The third-order valence-electron chi connectivity index (χ3n) is 4.55. The van der Waals surface area contributed by atoms with Gasteiger partial charge in [-0.1, -0.05) is 17.7 Å². The average molecular weight is 356 g/mol. The molecule has 3 heterocycles. The predicted molar refractivity (Wildman–Crippen MR) is 96.9 cm³/mol. The fourth-order valence-corrected chi connectivity index (χ4v) is 3.65. The zero-order valence-corrected chi connectivity index (χ0v) is 14.4. The molecular formula is C19H18ClN3O2. The summed E-state index contributed by atoms with van der Waals surface area (Å²) in [5.41, 5.74) is 2.27. The Morgan fingerprint density at radius 1 is 1.16 bits per heavy atom. The SMILES string of the molecule is Oc1c([C@H](c2cccnc2)N2CCOCC2)cc(Cl)c2cccnc12. The van der Waals surface area contributed by atoms with Crippen molar-refractivity contribution in [2.75, 3.05) is 26.3 Å². The number of aromatic hydroxyl groups is 1. The lowest BCUT2D eigenvalue weighted by atomic mass is 9.95. The lowest BCUT2D eigenvalue weighted by Gasteiger charge is -2.35. The zero-order valence-electron chi connectivity index (χ0n) is 13.6. The van der Waals surface area contributed by atoms with Gasteiger partial charge in [-0.3, -0.25) is 14.9 Å². The lowest BCUT2D eigenvalue weighted by molar-refractivity contribution is 0.0235. The van der Waals surface area contributed by atoms with Crippen LogP contribution in [0.2, 0.25) is 5.02 Å². The first kappa shape index (κ1) is 16.3. The summed E-state index contributed by atoms with van der Waals surface area (Å²) in [6, 6.07) is 9.29. The second-order valence-corrected chi connectivity index (χ2v) is 6.44. The lowest BCUT2D eigenvalue weighted by Crippen LogP contribution is -2.39. The van der Waals surface area contributed by atoms with Crippen molar-refractivity contribution in [2.45, 2.75) is 6.04 Å². The molecule has 6 heteroatoms. The number of fused-ring (bicyclic) bond motifs is 1. The van der Waals surface area contributed by atoms with E-state index in [1.165, 1.54) is 0 Å². The highest BCUT2D eigenvalue weighted by atomic mass is 35.5. The summed E-state index contributed by atoms with van der Waals surface area (Å²) in [6.45, 7) is 2.88. The van der Waals surface area contributed by atoms with Crippen LogP contribution in [0.5, 0.6) is 5.75 Å². The molecule has 0 saturated carbocycles. The Morgan fingerprint density at radius 2 is 1.96 bits per heavy atom. The maximum atomic E-state index is 10.9. The molecule has 0 amide bonds. The molecule has 5 nitrogen and oxygen atoms in total. The van der Waals surface area contributed by atoms with E-state index < -0.39 is 0 Å². The van der Waals surface area contributed by atoms with Gasteiger partial charge in [0.2, 0.25) is 0 Å². The first-order chi connectivity index (χ1) is 12.3. The molecule has 1 aliphatic heterocycles. The number of pyridine rings is 2. The van der Waals surface area contributed by atoms with Crippen molar-refractivity contribution < 1.29 is 9.84 Å². The van der Waals surface area contributed by atoms with E-state index in [0.717, 1.165) is 29.6 Å². The normalized spacial score (nSPS) is 16.8. The zero-order chi connectivity index (χ0) is 17.2. The van der Waals surface area contributed by atoms with Crippen molar-refractivity contribution in [1.29, 1.82) is 0 Å². The molecule has 2 aromatic heterocycles. The minimum absolute atomic E-state index is 0.151. The number of hydrogen-bond acceptors (Lipinski definition) is 5. The van der Waals surface area contributed by atoms with Crippen LogP contribution in [0.15, 0.2) is 48.9 Å². The van der Waals surface area contributed by atoms with Gasteiger partial charge in [-0.25, -0.2) is 0 Å². The van der Waals surface area contributed by atoms with Crippen molar-refractivity contribution in [2.24, 2.45) is 0 Å². The number of morpholine rings is 1. The van der Waals surface area contributed by atoms with Crippen molar-refractivity contribution in [3.8, 4) is 5.75 Å². The summed E-state index contributed by atoms with van der Waals surface area (Å²) in [5.74, 6) is 0.167. The Hall–Kier alpha value is -2.21. The first-order valence-corrected chi connectivity index (χ1v) is 8.61. The van der Waals surface area contributed by atoms with Crippen molar-refractivity contribution in [3.05, 3.63) is 65.1 Å². The second-order valence-electron chi connectivity index (χ2n) is 6.03. The Bertz CT molecular complexity index is 882. The fraction of sp³-hybridized carbons (Fsp3) is 0.263. The third-order valence-corrected chi connectivity index (χ3v) is 4.86. The Morgan fingerprint density at radius 3 is 2.72 bits per heavy atom. The molecule has 0 bridgehead atoms. The Labute approximate surface area is 150 Å². The number of aromatic nitrogens is 2. The van der Waals surface area contributed by atoms with Gasteiger partial charge in [0.15, 0.2) is 0 Å². The second kappa shape index (κ2) is 6.96. The molecule has 0 unspecified atom stereocenters. The van der Waals surface area contributed by atoms with Crippen LogP contribution in [0, 0.1) is 0 Å². The van der Waals surface area contributed by atoms with Gasteiger partial charge in [-0.15, -0.1) is 0 Å². The largest absolute Gasteiger partial charge is 0.505 e. The summed E-state index contributed by atoms with van der Waals surface area (Å²) in [5, 5.41) is 12.3. The summed E-state index contributed by atoms with van der Waals surface area (Å²) in [7, 11) is 0. The molecule has 0 radical (unpaired) electrons. The number of ether oxygens (including phenoxy) is 1. The van der Waals surface area contributed by atoms with Gasteiger partial charge in [0.05, 0.1) is 24.3 Å². The van der Waals surface area contributed by atoms with Crippen LogP contribution < -0.4 is 0 Å². The van der Waals surface area contributed by atoms with Crippen LogP contribution in [-0.2, 0) is 4.74 Å². The number of phenolic OH excluding ortho intramolecular Hbond substituents is 1. The van der Waals surface area contributed by atoms with Crippen LogP contribution in [0.3, 0.4) is 0 Å². The van der Waals surface area contributed by atoms with E-state index in [0.29, 0.717) is 23.8 Å². The highest BCUT2D eigenvalue weighted by Crippen LogP contribution is 2.40. The maximum absolute atomic E-state index is 10.9. The highest BCUT2D eigenvalue weighted by Gasteiger charge is 2.28. The fourth-order valence-electron chi connectivity index (χ4n) is 3.37. The minimum Gasteiger partial charge on any atom is -0.505 e. The molecule has 25 heavy (non-hydrogen) atoms. The smallest absolute Gasteiger partial charge is 0.147 e. The Balaban J connectivity index is 1.90. The number of nitrogens with zero attached hydrogens (tertiary/aromatic N) is 3. The van der Waals surface area contributed by atoms with Gasteiger partial charge in [0.1, 0.15) is 11.3 Å². The quantitative estimate of drug-likeness (QED) is 0.780. The average Bonchev–Trinajstić information content (AvgIpc) is 2.68. The van der Waals surface area contributed by atoms with Gasteiger partial charge < -0.3 is 9.84 Å². The van der Waals surface area contributed by atoms with Crippen molar-refractivity contribution in [3.63, 3.8) is 0 Å². The molecule has 1 atom stereocenters. The van der Waals surface area contributed by atoms with E-state index in [1.807, 2.05) is 36.5 Å². The van der Waals surface area contributed by atoms with E-state index in [4.69, 9.17) is 16.3 Å². The Kier molecular flexibility index (Phi) is 4.53. The molecule has 0 spiro atoms. The molecule has 4 rings (SSSR count). The van der Waals surface area contributed by atoms with Crippen LogP contribution in [0.25, 0.3) is 10.9 Å². The van der Waals surface area contributed by atoms with Crippen LogP contribution in [0.4, 0.5) is 0 Å². The third kappa shape index (κ3) is 3.06. The summed E-state index contributed by atoms with van der Waals surface area (Å²) in [4.78, 5) is 10.9. The molecule has 3 aromatic rings. The maximum Gasteiger partial charge on any atom is 0.147 e. The van der Waals surface area contributed by atoms with Gasteiger partial charge in [0.25, 0.3) is 0 Å². The van der Waals surface area contributed by atoms with Gasteiger partial charge in [-0.2, -0.15) is 0 Å². The van der Waals surface area contributed by atoms with Crippen LogP contribution in [-0.4, -0.2) is 46.3 Å². The topological polar surface area (TPSA) is 58.5 Å². The number of hydrogen-bond donors (Lipinski definition) is 1. The van der Waals surface area contributed by atoms with Crippen LogP contribution >= 0.6 is 11.6 Å². The van der Waals surface area contributed by atoms with Gasteiger partial charge >= 0.3 is 0 Å². The molecular weight excluding hydrogens is 338 g/mol. The van der Waals surface area contributed by atoms with Crippen LogP contribution in [0.1, 0.15) is 17.2 Å². The van der Waals surface area contributed by atoms with Gasteiger partial charge in [-0.05, 0) is 29.8 Å². The van der Waals surface area contributed by atoms with E-state index in [2.05, 4.69) is 14.9 Å². The number of rotatable bonds is 3. The van der Waals surface area contributed by atoms with Crippen molar-refractivity contribution in [1.82, 2.24) is 14.9 Å². The van der Waals surface area contributed by atoms with E-state index in [1.54, 1.807) is 12.4 Å². The summed E-state index contributed by atoms with van der Waals surface area (Å²) >= 11 is 6.49. The molecule has 1 aromatic carbocycles. The monoisotopic (exact) mass is 355 g/mol. The van der Waals surface area contributed by atoms with Crippen molar-refractivity contribution >= 4 is 22.5 Å². The van der Waals surface area contributed by atoms with Gasteiger partial charge in [0, 0.05) is 42.6 Å². The summed E-state index contributed by atoms with van der Waals surface area (Å²) in [6.07, 6.45) is 5.24. The predicted octanol–water partition coefficient (Wildman–Crippen LogP) is 3.41. The number of benzene rings is 1. The standard InChI is InChI=1S/C19H18ClN3O2/c20-16-11-15(19(24)17-14(16)4-2-6-22-17)18(13-3-1-5-21-12-13)23-7-9-25-10-8-23/h1-6,11-12,18,24H,7-10H2/t18-/m0/s1.